The number of carbonyl (C=O) groups excluding carboxylic acids is 1. The van der Waals surface area contributed by atoms with E-state index in [0.29, 0.717) is 27.9 Å². The summed E-state index contributed by atoms with van der Waals surface area (Å²) in [5, 5.41) is 13.0. The summed E-state index contributed by atoms with van der Waals surface area (Å²) in [5.74, 6) is -0.555. The molecule has 0 bridgehead atoms. The summed E-state index contributed by atoms with van der Waals surface area (Å²) >= 11 is 0. The van der Waals surface area contributed by atoms with Crippen molar-refractivity contribution in [3.05, 3.63) is 77.1 Å². The second-order valence-electron chi connectivity index (χ2n) is 6.62. The number of oxazole rings is 1. The van der Waals surface area contributed by atoms with Crippen molar-refractivity contribution in [2.75, 3.05) is 5.32 Å². The smallest absolute Gasteiger partial charge is 0.255 e. The minimum absolute atomic E-state index is 0.0141. The van der Waals surface area contributed by atoms with Gasteiger partial charge in [0.15, 0.2) is 5.58 Å². The fraction of sp³-hybridized carbons (Fsp3) is 0.0909. The van der Waals surface area contributed by atoms with Gasteiger partial charge in [0.1, 0.15) is 17.1 Å². The van der Waals surface area contributed by atoms with Gasteiger partial charge >= 0.3 is 0 Å². The number of aryl methyl sites for hydroxylation is 2. The van der Waals surface area contributed by atoms with Gasteiger partial charge < -0.3 is 14.8 Å². The molecule has 0 aliphatic heterocycles. The minimum atomic E-state index is -0.412. The van der Waals surface area contributed by atoms with Gasteiger partial charge in [-0.05, 0) is 79.6 Å². The van der Waals surface area contributed by atoms with Crippen molar-refractivity contribution in [1.82, 2.24) is 4.98 Å². The lowest BCUT2D eigenvalue weighted by Crippen LogP contribution is -2.11. The standard InChI is InChI=1S/C22H17FN2O3/c1-12-9-18-20(10-13(12)2)28-22(25-18)17-11-16(7-8-19(17)26)24-21(27)14-3-5-15(23)6-4-14/h3-11,26H,1-2H3,(H,24,27). The molecule has 2 N–H and O–H groups in total. The average molecular weight is 376 g/mol. The number of aromatic hydroxyl groups is 1. The molecule has 1 heterocycles. The van der Waals surface area contributed by atoms with Gasteiger partial charge in [-0.25, -0.2) is 9.37 Å². The van der Waals surface area contributed by atoms with Crippen LogP contribution in [0.25, 0.3) is 22.6 Å². The first-order valence-corrected chi connectivity index (χ1v) is 8.69. The van der Waals surface area contributed by atoms with Crippen molar-refractivity contribution in [3.63, 3.8) is 0 Å². The Kier molecular flexibility index (Phi) is 4.31. The van der Waals surface area contributed by atoms with Crippen molar-refractivity contribution in [2.24, 2.45) is 0 Å². The lowest BCUT2D eigenvalue weighted by molar-refractivity contribution is 0.102. The number of hydrogen-bond acceptors (Lipinski definition) is 4. The highest BCUT2D eigenvalue weighted by atomic mass is 19.1. The molecule has 0 spiro atoms. The van der Waals surface area contributed by atoms with Gasteiger partial charge in [-0.3, -0.25) is 4.79 Å². The van der Waals surface area contributed by atoms with Crippen LogP contribution in [0.2, 0.25) is 0 Å². The summed E-state index contributed by atoms with van der Waals surface area (Å²) in [6.07, 6.45) is 0. The summed E-state index contributed by atoms with van der Waals surface area (Å²) in [6, 6.07) is 13.7. The molecule has 4 rings (SSSR count). The van der Waals surface area contributed by atoms with E-state index >= 15 is 0 Å². The molecule has 0 saturated heterocycles. The number of halogens is 1. The summed E-state index contributed by atoms with van der Waals surface area (Å²) in [6.45, 7) is 3.98. The zero-order valence-corrected chi connectivity index (χ0v) is 15.3. The van der Waals surface area contributed by atoms with Crippen LogP contribution in [0.3, 0.4) is 0 Å². The molecule has 0 aliphatic carbocycles. The third-order valence-corrected chi connectivity index (χ3v) is 4.60. The van der Waals surface area contributed by atoms with E-state index in [-0.39, 0.29) is 17.5 Å². The number of carbonyl (C=O) groups is 1. The number of phenolic OH excluding ortho intramolecular Hbond substituents is 1. The van der Waals surface area contributed by atoms with E-state index in [0.717, 1.165) is 11.1 Å². The van der Waals surface area contributed by atoms with Gasteiger partial charge in [-0.15, -0.1) is 0 Å². The van der Waals surface area contributed by atoms with Crippen molar-refractivity contribution in [3.8, 4) is 17.2 Å². The summed E-state index contributed by atoms with van der Waals surface area (Å²) in [5.41, 5.74) is 4.64. The lowest BCUT2D eigenvalue weighted by Gasteiger charge is -2.08. The lowest BCUT2D eigenvalue weighted by atomic mass is 10.1. The molecule has 1 aromatic heterocycles. The fourth-order valence-corrected chi connectivity index (χ4v) is 2.88. The number of nitrogens with one attached hydrogen (secondary N) is 1. The number of aromatic nitrogens is 1. The highest BCUT2D eigenvalue weighted by Crippen LogP contribution is 2.34. The average Bonchev–Trinajstić information content (AvgIpc) is 3.06. The first-order chi connectivity index (χ1) is 13.4. The number of nitrogens with zero attached hydrogens (tertiary/aromatic N) is 1. The third kappa shape index (κ3) is 3.32. The number of anilines is 1. The van der Waals surface area contributed by atoms with E-state index < -0.39 is 5.82 Å². The second-order valence-corrected chi connectivity index (χ2v) is 6.62. The second kappa shape index (κ2) is 6.81. The SMILES string of the molecule is Cc1cc2nc(-c3cc(NC(=O)c4ccc(F)cc4)ccc3O)oc2cc1C. The van der Waals surface area contributed by atoms with Gasteiger partial charge in [-0.2, -0.15) is 0 Å². The Bertz CT molecular complexity index is 1160. The van der Waals surface area contributed by atoms with Gasteiger partial charge in [0.2, 0.25) is 5.89 Å². The maximum atomic E-state index is 13.0. The number of phenols is 1. The highest BCUT2D eigenvalue weighted by Gasteiger charge is 2.15. The molecule has 3 aromatic carbocycles. The first-order valence-electron chi connectivity index (χ1n) is 8.69. The van der Waals surface area contributed by atoms with Crippen LogP contribution in [-0.2, 0) is 0 Å². The van der Waals surface area contributed by atoms with Crippen molar-refractivity contribution < 1.29 is 18.7 Å². The van der Waals surface area contributed by atoms with E-state index in [1.165, 1.54) is 30.3 Å². The Labute approximate surface area is 160 Å². The molecule has 0 saturated carbocycles. The van der Waals surface area contributed by atoms with Crippen molar-refractivity contribution in [1.29, 1.82) is 0 Å². The van der Waals surface area contributed by atoms with Gasteiger partial charge in [0.05, 0.1) is 5.56 Å². The normalized spacial score (nSPS) is 11.0. The molecule has 5 nitrogen and oxygen atoms in total. The molecule has 4 aromatic rings. The van der Waals surface area contributed by atoms with Crippen LogP contribution in [0.4, 0.5) is 10.1 Å². The largest absolute Gasteiger partial charge is 0.507 e. The number of amides is 1. The van der Waals surface area contributed by atoms with E-state index in [1.54, 1.807) is 12.1 Å². The molecule has 0 unspecified atom stereocenters. The topological polar surface area (TPSA) is 75.4 Å². The van der Waals surface area contributed by atoms with E-state index in [2.05, 4.69) is 10.3 Å². The fourth-order valence-electron chi connectivity index (χ4n) is 2.88. The number of hydrogen-bond donors (Lipinski definition) is 2. The predicted molar refractivity (Wildman–Crippen MR) is 105 cm³/mol. The van der Waals surface area contributed by atoms with Crippen LogP contribution in [0, 0.1) is 19.7 Å². The monoisotopic (exact) mass is 376 g/mol. The molecule has 0 radical (unpaired) electrons. The van der Waals surface area contributed by atoms with Gasteiger partial charge in [0, 0.05) is 11.3 Å². The Morgan fingerprint density at radius 2 is 1.75 bits per heavy atom. The quantitative estimate of drug-likeness (QED) is 0.481. The number of benzene rings is 3. The summed E-state index contributed by atoms with van der Waals surface area (Å²) in [4.78, 5) is 16.8. The maximum Gasteiger partial charge on any atom is 0.255 e. The van der Waals surface area contributed by atoms with Crippen LogP contribution >= 0.6 is 0 Å². The van der Waals surface area contributed by atoms with E-state index in [1.807, 2.05) is 26.0 Å². The highest BCUT2D eigenvalue weighted by molar-refractivity contribution is 6.04. The van der Waals surface area contributed by atoms with Crippen LogP contribution in [0.1, 0.15) is 21.5 Å². The first kappa shape index (κ1) is 17.7. The molecular weight excluding hydrogens is 359 g/mol. The van der Waals surface area contributed by atoms with Gasteiger partial charge in [0.25, 0.3) is 5.91 Å². The molecule has 6 heteroatoms. The van der Waals surface area contributed by atoms with Crippen molar-refractivity contribution >= 4 is 22.7 Å². The molecule has 0 atom stereocenters. The molecule has 0 fully saturated rings. The Hall–Kier alpha value is -3.67. The van der Waals surface area contributed by atoms with Crippen molar-refractivity contribution in [2.45, 2.75) is 13.8 Å². The van der Waals surface area contributed by atoms with Crippen LogP contribution in [-0.4, -0.2) is 16.0 Å². The Morgan fingerprint density at radius 3 is 2.50 bits per heavy atom. The predicted octanol–water partition coefficient (Wildman–Crippen LogP) is 5.21. The van der Waals surface area contributed by atoms with Gasteiger partial charge in [-0.1, -0.05) is 0 Å². The zero-order valence-electron chi connectivity index (χ0n) is 15.3. The molecule has 1 amide bonds. The molecular formula is C22H17FN2O3. The number of fused-ring (bicyclic) bond motifs is 1. The minimum Gasteiger partial charge on any atom is -0.507 e. The van der Waals surface area contributed by atoms with Crippen LogP contribution in [0.5, 0.6) is 5.75 Å². The summed E-state index contributed by atoms with van der Waals surface area (Å²) in [7, 11) is 0. The Balaban J connectivity index is 1.67. The summed E-state index contributed by atoms with van der Waals surface area (Å²) < 4.78 is 18.8. The van der Waals surface area contributed by atoms with Crippen LogP contribution < -0.4 is 5.32 Å². The van der Waals surface area contributed by atoms with E-state index in [9.17, 15) is 14.3 Å². The zero-order chi connectivity index (χ0) is 19.8. The number of rotatable bonds is 3. The molecule has 0 aliphatic rings. The molecule has 28 heavy (non-hydrogen) atoms. The molecule has 140 valence electrons. The Morgan fingerprint density at radius 1 is 1.04 bits per heavy atom. The van der Waals surface area contributed by atoms with E-state index in [4.69, 9.17) is 4.42 Å². The maximum absolute atomic E-state index is 13.0. The van der Waals surface area contributed by atoms with Crippen LogP contribution in [0.15, 0.2) is 59.0 Å². The third-order valence-electron chi connectivity index (χ3n) is 4.60.